The van der Waals surface area contributed by atoms with E-state index in [1.807, 2.05) is 24.3 Å². The molecule has 0 aliphatic carbocycles. The van der Waals surface area contributed by atoms with E-state index in [1.165, 1.54) is 6.07 Å². The highest BCUT2D eigenvalue weighted by molar-refractivity contribution is 7.98. The van der Waals surface area contributed by atoms with Crippen LogP contribution in [-0.2, 0) is 6.54 Å². The summed E-state index contributed by atoms with van der Waals surface area (Å²) in [6.45, 7) is 2.21. The number of guanidine groups is 1. The van der Waals surface area contributed by atoms with Gasteiger partial charge in [0.05, 0.1) is 6.54 Å². The third-order valence-corrected chi connectivity index (χ3v) is 3.60. The van der Waals surface area contributed by atoms with Crippen LogP contribution in [0.15, 0.2) is 28.1 Å². The highest BCUT2D eigenvalue weighted by atomic mass is 32.2. The Bertz CT molecular complexity index is 434. The van der Waals surface area contributed by atoms with E-state index in [0.29, 0.717) is 12.1 Å². The largest absolute Gasteiger partial charge is 0.352 e. The fraction of sp³-hybridized carbons (Fsp3) is 0.417. The van der Waals surface area contributed by atoms with E-state index in [-0.39, 0.29) is 5.82 Å². The summed E-state index contributed by atoms with van der Waals surface area (Å²) in [4.78, 5) is 7.33. The summed E-state index contributed by atoms with van der Waals surface area (Å²) in [6.07, 6.45) is 1.96. The molecule has 1 aliphatic heterocycles. The van der Waals surface area contributed by atoms with Gasteiger partial charge in [-0.25, -0.2) is 4.39 Å². The van der Waals surface area contributed by atoms with Crippen molar-refractivity contribution in [3.63, 3.8) is 0 Å². The van der Waals surface area contributed by atoms with Crippen molar-refractivity contribution >= 4 is 17.7 Å². The van der Waals surface area contributed by atoms with Crippen LogP contribution in [0.25, 0.3) is 0 Å². The number of likely N-dealkylation sites (N-methyl/N-ethyl adjacent to an activating group) is 1. The minimum atomic E-state index is -0.161. The number of nitrogens with zero attached hydrogens (tertiary/aromatic N) is 2. The normalized spacial score (nSPS) is 15.0. The van der Waals surface area contributed by atoms with E-state index in [1.54, 1.807) is 17.8 Å². The van der Waals surface area contributed by atoms with Gasteiger partial charge < -0.3 is 10.2 Å². The number of hydrogen-bond donors (Lipinski definition) is 1. The zero-order valence-corrected chi connectivity index (χ0v) is 10.9. The lowest BCUT2D eigenvalue weighted by Crippen LogP contribution is -2.35. The molecule has 0 amide bonds. The van der Waals surface area contributed by atoms with Crippen LogP contribution in [0, 0.1) is 5.82 Å². The maximum absolute atomic E-state index is 13.7. The topological polar surface area (TPSA) is 27.6 Å². The molecule has 0 unspecified atom stereocenters. The van der Waals surface area contributed by atoms with Crippen LogP contribution in [0.2, 0.25) is 0 Å². The maximum Gasteiger partial charge on any atom is 0.194 e. The third kappa shape index (κ3) is 2.72. The smallest absolute Gasteiger partial charge is 0.194 e. The predicted octanol–water partition coefficient (Wildman–Crippen LogP) is 1.94. The number of aliphatic imine (C=N–C) groups is 1. The molecule has 0 saturated heterocycles. The lowest BCUT2D eigenvalue weighted by molar-refractivity contribution is 0.529. The first kappa shape index (κ1) is 12.2. The second-order valence-electron chi connectivity index (χ2n) is 3.90. The summed E-state index contributed by atoms with van der Waals surface area (Å²) < 4.78 is 13.7. The van der Waals surface area contributed by atoms with Gasteiger partial charge in [0.25, 0.3) is 0 Å². The van der Waals surface area contributed by atoms with Crippen LogP contribution in [0.5, 0.6) is 0 Å². The Kier molecular flexibility index (Phi) is 3.89. The Labute approximate surface area is 105 Å². The second kappa shape index (κ2) is 5.40. The van der Waals surface area contributed by atoms with E-state index in [9.17, 15) is 4.39 Å². The lowest BCUT2D eigenvalue weighted by atomic mass is 10.2. The van der Waals surface area contributed by atoms with E-state index >= 15 is 0 Å². The number of thioether (sulfide) groups is 1. The summed E-state index contributed by atoms with van der Waals surface area (Å²) in [5.41, 5.74) is 0.711. The summed E-state index contributed by atoms with van der Waals surface area (Å²) in [7, 11) is 1.98. The molecule has 3 nitrogen and oxygen atoms in total. The molecule has 1 N–H and O–H groups in total. The molecule has 0 spiro atoms. The van der Waals surface area contributed by atoms with Crippen molar-refractivity contribution < 1.29 is 4.39 Å². The van der Waals surface area contributed by atoms with Crippen LogP contribution < -0.4 is 5.32 Å². The average Bonchev–Trinajstić information content (AvgIpc) is 2.73. The van der Waals surface area contributed by atoms with Gasteiger partial charge >= 0.3 is 0 Å². The van der Waals surface area contributed by atoms with Crippen molar-refractivity contribution in [2.24, 2.45) is 4.99 Å². The zero-order chi connectivity index (χ0) is 12.3. The number of hydrogen-bond acceptors (Lipinski definition) is 4. The summed E-state index contributed by atoms with van der Waals surface area (Å²) >= 11 is 1.56. The van der Waals surface area contributed by atoms with Gasteiger partial charge in [-0.3, -0.25) is 4.99 Å². The molecule has 1 aromatic rings. The highest BCUT2D eigenvalue weighted by Gasteiger charge is 2.13. The molecular weight excluding hydrogens is 237 g/mol. The molecule has 0 atom stereocenters. The molecule has 0 fully saturated rings. The molecular formula is C12H16FN3S. The molecule has 0 bridgehead atoms. The Morgan fingerprint density at radius 2 is 2.35 bits per heavy atom. The average molecular weight is 253 g/mol. The third-order valence-electron chi connectivity index (χ3n) is 2.78. The number of halogens is 1. The van der Waals surface area contributed by atoms with Crippen molar-refractivity contribution in [2.75, 3.05) is 26.4 Å². The van der Waals surface area contributed by atoms with Crippen molar-refractivity contribution in [1.29, 1.82) is 0 Å². The fourth-order valence-electron chi connectivity index (χ4n) is 1.79. The van der Waals surface area contributed by atoms with E-state index in [4.69, 9.17) is 0 Å². The van der Waals surface area contributed by atoms with Gasteiger partial charge in [0.1, 0.15) is 5.82 Å². The molecule has 0 radical (unpaired) electrons. The quantitative estimate of drug-likeness (QED) is 0.834. The minimum absolute atomic E-state index is 0.161. The van der Waals surface area contributed by atoms with Gasteiger partial charge in [-0.05, 0) is 18.4 Å². The van der Waals surface area contributed by atoms with E-state index in [2.05, 4.69) is 10.3 Å². The monoisotopic (exact) mass is 253 g/mol. The Balaban J connectivity index is 2.08. The predicted molar refractivity (Wildman–Crippen MR) is 70.0 cm³/mol. The van der Waals surface area contributed by atoms with Gasteiger partial charge in [-0.15, -0.1) is 11.8 Å². The molecule has 0 aromatic heterocycles. The molecule has 2 rings (SSSR count). The standard InChI is InChI=1S/C12H16FN3S/c1-16-7-6-14-12(16)15-8-9-10(13)4-3-5-11(9)17-2/h3-5H,6-8H2,1-2H3,(H,14,15). The van der Waals surface area contributed by atoms with Crippen molar-refractivity contribution in [3.05, 3.63) is 29.6 Å². The van der Waals surface area contributed by atoms with Gasteiger partial charge in [0, 0.05) is 30.6 Å². The zero-order valence-electron chi connectivity index (χ0n) is 10.0. The number of rotatable bonds is 3. The van der Waals surface area contributed by atoms with Gasteiger partial charge in [0.2, 0.25) is 0 Å². The summed E-state index contributed by atoms with van der Waals surface area (Å²) in [5, 5.41) is 3.19. The molecule has 5 heteroatoms. The van der Waals surface area contributed by atoms with Crippen LogP contribution >= 0.6 is 11.8 Å². The van der Waals surface area contributed by atoms with E-state index < -0.39 is 0 Å². The first-order valence-corrected chi connectivity index (χ1v) is 6.75. The van der Waals surface area contributed by atoms with Crippen molar-refractivity contribution in [1.82, 2.24) is 10.2 Å². The van der Waals surface area contributed by atoms with Crippen LogP contribution in [-0.4, -0.2) is 37.3 Å². The van der Waals surface area contributed by atoms with E-state index in [0.717, 1.165) is 23.9 Å². The van der Waals surface area contributed by atoms with Crippen molar-refractivity contribution in [3.8, 4) is 0 Å². The Morgan fingerprint density at radius 1 is 1.53 bits per heavy atom. The molecule has 92 valence electrons. The van der Waals surface area contributed by atoms with Gasteiger partial charge in [-0.1, -0.05) is 6.07 Å². The molecule has 1 heterocycles. The number of nitrogens with one attached hydrogen (secondary N) is 1. The van der Waals surface area contributed by atoms with Crippen LogP contribution in [0.1, 0.15) is 5.56 Å². The highest BCUT2D eigenvalue weighted by Crippen LogP contribution is 2.22. The lowest BCUT2D eigenvalue weighted by Gasteiger charge is -2.16. The number of benzene rings is 1. The molecule has 17 heavy (non-hydrogen) atoms. The Morgan fingerprint density at radius 3 is 3.00 bits per heavy atom. The summed E-state index contributed by atoms with van der Waals surface area (Å²) in [6, 6.07) is 5.17. The molecule has 1 aliphatic rings. The van der Waals surface area contributed by atoms with Crippen LogP contribution in [0.4, 0.5) is 4.39 Å². The van der Waals surface area contributed by atoms with Crippen LogP contribution in [0.3, 0.4) is 0 Å². The van der Waals surface area contributed by atoms with Gasteiger partial charge in [0.15, 0.2) is 5.96 Å². The second-order valence-corrected chi connectivity index (χ2v) is 4.75. The van der Waals surface area contributed by atoms with Gasteiger partial charge in [-0.2, -0.15) is 0 Å². The molecule has 0 saturated carbocycles. The maximum atomic E-state index is 13.7. The SMILES string of the molecule is CSc1cccc(F)c1CNC1=NCCN1C. The van der Waals surface area contributed by atoms with Crippen molar-refractivity contribution in [2.45, 2.75) is 11.4 Å². The first-order chi connectivity index (χ1) is 8.22. The fourth-order valence-corrected chi connectivity index (χ4v) is 2.42. The summed E-state index contributed by atoms with van der Waals surface area (Å²) in [5.74, 6) is 0.686. The minimum Gasteiger partial charge on any atom is -0.352 e. The molecule has 1 aromatic carbocycles. The first-order valence-electron chi connectivity index (χ1n) is 5.53. The Hall–Kier alpha value is -1.23.